The van der Waals surface area contributed by atoms with Crippen LogP contribution >= 0.6 is 15.9 Å². The normalized spacial score (nSPS) is 11.6. The third-order valence-corrected chi connectivity index (χ3v) is 3.41. The van der Waals surface area contributed by atoms with Gasteiger partial charge >= 0.3 is 29.6 Å². The Hall–Kier alpha value is 0.0300. The molecule has 0 aliphatic carbocycles. The molecule has 0 amide bonds. The van der Waals surface area contributed by atoms with E-state index in [2.05, 4.69) is 15.9 Å². The molecule has 0 fully saturated rings. The summed E-state index contributed by atoms with van der Waals surface area (Å²) in [7, 11) is 0. The zero-order chi connectivity index (χ0) is 11.5. The summed E-state index contributed by atoms with van der Waals surface area (Å²) >= 11 is 1.21. The Balaban J connectivity index is 0.00000144. The molecule has 5 heteroatoms. The molecule has 0 N–H and O–H groups in total. The maximum atomic E-state index is 10.7. The summed E-state index contributed by atoms with van der Waals surface area (Å²) in [4.78, 5) is 0.306. The molecule has 2 aromatic carbocycles. The molecule has 0 saturated carbocycles. The van der Waals surface area contributed by atoms with Crippen LogP contribution < -0.4 is 29.6 Å². The third-order valence-electron chi connectivity index (χ3n) is 2.22. The van der Waals surface area contributed by atoms with E-state index in [1.165, 1.54) is 0 Å². The average Bonchev–Trinajstić information content (AvgIpc) is 2.30. The second-order valence-electron chi connectivity index (χ2n) is 3.27. The van der Waals surface area contributed by atoms with Gasteiger partial charge in [-0.15, -0.1) is 0 Å². The SMILES string of the molecule is O=S([O-])c1ccc(-c2ccc(Br)cc2)cc1.[Na+]. The summed E-state index contributed by atoms with van der Waals surface area (Å²) < 4.78 is 22.4. The number of halogens is 1. The van der Waals surface area contributed by atoms with Crippen molar-refractivity contribution in [1.82, 2.24) is 0 Å². The van der Waals surface area contributed by atoms with Crippen molar-refractivity contribution in [3.63, 3.8) is 0 Å². The fourth-order valence-corrected chi connectivity index (χ4v) is 2.02. The van der Waals surface area contributed by atoms with E-state index in [4.69, 9.17) is 0 Å². The Kier molecular flexibility index (Phi) is 6.06. The zero-order valence-corrected chi connectivity index (χ0v) is 13.6. The van der Waals surface area contributed by atoms with E-state index in [0.29, 0.717) is 4.90 Å². The van der Waals surface area contributed by atoms with E-state index in [0.717, 1.165) is 15.6 Å². The summed E-state index contributed by atoms with van der Waals surface area (Å²) in [6.07, 6.45) is 0. The van der Waals surface area contributed by atoms with Gasteiger partial charge in [-0.1, -0.05) is 40.2 Å². The molecule has 82 valence electrons. The van der Waals surface area contributed by atoms with Crippen molar-refractivity contribution in [2.45, 2.75) is 4.90 Å². The van der Waals surface area contributed by atoms with Crippen LogP contribution in [0.4, 0.5) is 0 Å². The van der Waals surface area contributed by atoms with Crippen molar-refractivity contribution in [2.24, 2.45) is 0 Å². The Morgan fingerprint density at radius 2 is 1.29 bits per heavy atom. The smallest absolute Gasteiger partial charge is 0.768 e. The van der Waals surface area contributed by atoms with Gasteiger partial charge in [0.25, 0.3) is 0 Å². The molecular weight excluding hydrogens is 311 g/mol. The summed E-state index contributed by atoms with van der Waals surface area (Å²) in [6, 6.07) is 14.7. The van der Waals surface area contributed by atoms with E-state index in [9.17, 15) is 8.76 Å². The maximum Gasteiger partial charge on any atom is 1.00 e. The first-order valence-corrected chi connectivity index (χ1v) is 6.49. The predicted molar refractivity (Wildman–Crippen MR) is 66.8 cm³/mol. The second-order valence-corrected chi connectivity index (χ2v) is 5.12. The topological polar surface area (TPSA) is 40.1 Å². The van der Waals surface area contributed by atoms with Gasteiger partial charge in [-0.05, 0) is 46.5 Å². The van der Waals surface area contributed by atoms with Crippen molar-refractivity contribution in [2.75, 3.05) is 0 Å². The van der Waals surface area contributed by atoms with Gasteiger partial charge in [-0.25, -0.2) is 0 Å². The summed E-state index contributed by atoms with van der Waals surface area (Å²) in [6.45, 7) is 0. The Labute approximate surface area is 133 Å². The minimum absolute atomic E-state index is 0. The molecule has 0 aliphatic heterocycles. The van der Waals surface area contributed by atoms with E-state index in [-0.39, 0.29) is 29.6 Å². The van der Waals surface area contributed by atoms with Gasteiger partial charge < -0.3 is 4.55 Å². The predicted octanol–water partition coefficient (Wildman–Crippen LogP) is 0.358. The molecule has 0 spiro atoms. The second kappa shape index (κ2) is 6.83. The fourth-order valence-electron chi connectivity index (χ4n) is 1.40. The first kappa shape index (κ1) is 15.1. The third kappa shape index (κ3) is 4.02. The molecule has 0 aromatic heterocycles. The molecule has 2 aromatic rings. The van der Waals surface area contributed by atoms with Crippen LogP contribution in [0.1, 0.15) is 0 Å². The van der Waals surface area contributed by atoms with Crippen LogP contribution in [0.2, 0.25) is 0 Å². The molecular formula is C12H8BrNaO2S. The molecule has 1 unspecified atom stereocenters. The molecule has 0 saturated heterocycles. The molecule has 0 heterocycles. The molecule has 0 aliphatic rings. The molecule has 1 atom stereocenters. The zero-order valence-electron chi connectivity index (χ0n) is 9.22. The van der Waals surface area contributed by atoms with Crippen molar-refractivity contribution >= 4 is 27.0 Å². The van der Waals surface area contributed by atoms with Gasteiger partial charge in [0.05, 0.1) is 0 Å². The molecule has 2 nitrogen and oxygen atoms in total. The number of benzene rings is 2. The van der Waals surface area contributed by atoms with Crippen LogP contribution in [-0.2, 0) is 11.1 Å². The van der Waals surface area contributed by atoms with Gasteiger partial charge in [-0.3, -0.25) is 4.21 Å². The van der Waals surface area contributed by atoms with E-state index in [1.807, 2.05) is 24.3 Å². The van der Waals surface area contributed by atoms with Gasteiger partial charge in [0.15, 0.2) is 0 Å². The summed E-state index contributed by atoms with van der Waals surface area (Å²) in [5.74, 6) is 0. The maximum absolute atomic E-state index is 10.7. The van der Waals surface area contributed by atoms with Crippen LogP contribution in [0.25, 0.3) is 11.1 Å². The first-order chi connectivity index (χ1) is 7.66. The van der Waals surface area contributed by atoms with E-state index >= 15 is 0 Å². The van der Waals surface area contributed by atoms with Gasteiger partial charge in [0, 0.05) is 9.37 Å². The molecule has 0 radical (unpaired) electrons. The van der Waals surface area contributed by atoms with Gasteiger partial charge in [0.1, 0.15) is 0 Å². The number of hydrogen-bond acceptors (Lipinski definition) is 2. The number of hydrogen-bond donors (Lipinski definition) is 0. The minimum atomic E-state index is -2.15. The molecule has 17 heavy (non-hydrogen) atoms. The van der Waals surface area contributed by atoms with Crippen molar-refractivity contribution in [3.8, 4) is 11.1 Å². The van der Waals surface area contributed by atoms with E-state index in [1.54, 1.807) is 24.3 Å². The Morgan fingerprint density at radius 1 is 0.882 bits per heavy atom. The van der Waals surface area contributed by atoms with Crippen molar-refractivity contribution in [3.05, 3.63) is 53.0 Å². The van der Waals surface area contributed by atoms with Crippen LogP contribution in [0, 0.1) is 0 Å². The van der Waals surface area contributed by atoms with Crippen LogP contribution in [0.5, 0.6) is 0 Å². The Bertz CT molecular complexity index is 511. The molecule has 2 rings (SSSR count). The van der Waals surface area contributed by atoms with Crippen LogP contribution in [0.3, 0.4) is 0 Å². The minimum Gasteiger partial charge on any atom is -0.768 e. The largest absolute Gasteiger partial charge is 1.00 e. The quantitative estimate of drug-likeness (QED) is 0.592. The van der Waals surface area contributed by atoms with Gasteiger partial charge in [0.2, 0.25) is 0 Å². The monoisotopic (exact) mass is 318 g/mol. The summed E-state index contributed by atoms with van der Waals surface area (Å²) in [5, 5.41) is 0. The fraction of sp³-hybridized carbons (Fsp3) is 0. The Morgan fingerprint density at radius 3 is 1.71 bits per heavy atom. The first-order valence-electron chi connectivity index (χ1n) is 4.62. The summed E-state index contributed by atoms with van der Waals surface area (Å²) in [5.41, 5.74) is 2.06. The standard InChI is InChI=1S/C12H9BrO2S.Na/c13-11-5-1-9(2-6-11)10-3-7-12(8-4-10)16(14)15;/h1-8H,(H,14,15);/q;+1/p-1. The van der Waals surface area contributed by atoms with Gasteiger partial charge in [-0.2, -0.15) is 0 Å². The van der Waals surface area contributed by atoms with Crippen molar-refractivity contribution in [1.29, 1.82) is 0 Å². The van der Waals surface area contributed by atoms with E-state index < -0.39 is 11.1 Å². The number of rotatable bonds is 2. The van der Waals surface area contributed by atoms with Crippen molar-refractivity contribution < 1.29 is 38.3 Å². The van der Waals surface area contributed by atoms with Crippen LogP contribution in [0.15, 0.2) is 57.9 Å². The average molecular weight is 319 g/mol. The van der Waals surface area contributed by atoms with Crippen LogP contribution in [-0.4, -0.2) is 8.76 Å². The molecule has 0 bridgehead atoms.